The Bertz CT molecular complexity index is 1310. The van der Waals surface area contributed by atoms with Gasteiger partial charge < -0.3 is 9.84 Å². The molecule has 5 rings (SSSR count). The fourth-order valence-electron chi connectivity index (χ4n) is 4.75. The molecule has 0 bridgehead atoms. The van der Waals surface area contributed by atoms with Gasteiger partial charge in [0.15, 0.2) is 0 Å². The zero-order valence-electron chi connectivity index (χ0n) is 20.2. The lowest BCUT2D eigenvalue weighted by molar-refractivity contribution is -0.127. The average molecular weight is 485 g/mol. The minimum atomic E-state index is -0.308. The van der Waals surface area contributed by atoms with Gasteiger partial charge in [0.1, 0.15) is 5.82 Å². The maximum atomic E-state index is 13.4. The number of hydrogen-bond acceptors (Lipinski definition) is 5. The fraction of sp³-hybridized carbons (Fsp3) is 0.276. The Kier molecular flexibility index (Phi) is 7.18. The van der Waals surface area contributed by atoms with E-state index in [1.807, 2.05) is 24.3 Å². The van der Waals surface area contributed by atoms with Crippen LogP contribution in [0.3, 0.4) is 0 Å². The van der Waals surface area contributed by atoms with Crippen LogP contribution >= 0.6 is 0 Å². The van der Waals surface area contributed by atoms with E-state index in [0.717, 1.165) is 36.1 Å². The Morgan fingerprint density at radius 2 is 1.86 bits per heavy atom. The molecule has 0 saturated carbocycles. The number of aromatic nitrogens is 2. The minimum absolute atomic E-state index is 0.0487. The molecule has 1 saturated heterocycles. The van der Waals surface area contributed by atoms with Gasteiger partial charge >= 0.3 is 0 Å². The SMILES string of the molecule is Cc1cccc(C(NC(=O)C2CCCN(Cc3nc(-c4ccc(F)cc4)no3)C2)c2ccccc2)c1. The standard InChI is InChI=1S/C29H29FN4O2/c1-20-7-5-10-23(17-20)27(21-8-3-2-4-9-21)32-29(35)24-11-6-16-34(18-24)19-26-31-28(33-36-26)22-12-14-25(30)15-13-22/h2-5,7-10,12-15,17,24,27H,6,11,16,18-19H2,1H3,(H,32,35). The highest BCUT2D eigenvalue weighted by Gasteiger charge is 2.29. The second kappa shape index (κ2) is 10.8. The molecule has 1 aromatic heterocycles. The third-order valence-electron chi connectivity index (χ3n) is 6.60. The van der Waals surface area contributed by atoms with Gasteiger partial charge in [0, 0.05) is 12.1 Å². The quantitative estimate of drug-likeness (QED) is 0.385. The number of carbonyl (C=O) groups is 1. The summed E-state index contributed by atoms with van der Waals surface area (Å²) < 4.78 is 18.6. The lowest BCUT2D eigenvalue weighted by Crippen LogP contribution is -2.43. The van der Waals surface area contributed by atoms with Crippen molar-refractivity contribution in [2.75, 3.05) is 13.1 Å². The van der Waals surface area contributed by atoms with E-state index in [-0.39, 0.29) is 23.7 Å². The van der Waals surface area contributed by atoms with E-state index in [0.29, 0.717) is 30.4 Å². The molecule has 7 heteroatoms. The summed E-state index contributed by atoms with van der Waals surface area (Å²) in [5.41, 5.74) is 3.99. The van der Waals surface area contributed by atoms with E-state index in [1.54, 1.807) is 12.1 Å². The van der Waals surface area contributed by atoms with Gasteiger partial charge in [0.2, 0.25) is 17.6 Å². The maximum Gasteiger partial charge on any atom is 0.241 e. The highest BCUT2D eigenvalue weighted by atomic mass is 19.1. The molecule has 184 valence electrons. The van der Waals surface area contributed by atoms with Crippen LogP contribution in [-0.4, -0.2) is 34.0 Å². The molecule has 2 atom stereocenters. The molecule has 1 amide bonds. The summed E-state index contributed by atoms with van der Waals surface area (Å²) >= 11 is 0. The molecule has 2 heterocycles. The van der Waals surface area contributed by atoms with E-state index in [4.69, 9.17) is 4.52 Å². The van der Waals surface area contributed by atoms with Gasteiger partial charge in [-0.2, -0.15) is 4.98 Å². The van der Waals surface area contributed by atoms with Crippen LogP contribution in [0, 0.1) is 18.7 Å². The van der Waals surface area contributed by atoms with E-state index in [2.05, 4.69) is 57.6 Å². The molecule has 1 aliphatic rings. The van der Waals surface area contributed by atoms with Crippen LogP contribution in [0.15, 0.2) is 83.4 Å². The molecular weight excluding hydrogens is 455 g/mol. The van der Waals surface area contributed by atoms with Gasteiger partial charge in [-0.15, -0.1) is 0 Å². The highest BCUT2D eigenvalue weighted by molar-refractivity contribution is 5.80. The molecule has 1 N–H and O–H groups in total. The van der Waals surface area contributed by atoms with Crippen molar-refractivity contribution in [3.8, 4) is 11.4 Å². The van der Waals surface area contributed by atoms with Crippen molar-refractivity contribution in [2.45, 2.75) is 32.4 Å². The highest BCUT2D eigenvalue weighted by Crippen LogP contribution is 2.26. The summed E-state index contributed by atoms with van der Waals surface area (Å²) in [4.78, 5) is 20.1. The monoisotopic (exact) mass is 484 g/mol. The molecule has 1 fully saturated rings. The average Bonchev–Trinajstić information content (AvgIpc) is 3.36. The number of benzene rings is 3. The Morgan fingerprint density at radius 1 is 1.08 bits per heavy atom. The van der Waals surface area contributed by atoms with Crippen LogP contribution in [-0.2, 0) is 11.3 Å². The summed E-state index contributed by atoms with van der Waals surface area (Å²) in [7, 11) is 0. The van der Waals surface area contributed by atoms with Crippen LogP contribution in [0.2, 0.25) is 0 Å². The number of hydrogen-bond donors (Lipinski definition) is 1. The van der Waals surface area contributed by atoms with Crippen LogP contribution < -0.4 is 5.32 Å². The van der Waals surface area contributed by atoms with Crippen molar-refractivity contribution in [2.24, 2.45) is 5.92 Å². The van der Waals surface area contributed by atoms with Gasteiger partial charge in [-0.05, 0) is 61.7 Å². The number of carbonyl (C=O) groups excluding carboxylic acids is 1. The predicted molar refractivity (Wildman–Crippen MR) is 135 cm³/mol. The van der Waals surface area contributed by atoms with Crippen molar-refractivity contribution in [1.82, 2.24) is 20.4 Å². The molecule has 6 nitrogen and oxygen atoms in total. The number of amides is 1. The number of aryl methyl sites for hydroxylation is 1. The maximum absolute atomic E-state index is 13.4. The van der Waals surface area contributed by atoms with Crippen molar-refractivity contribution in [3.63, 3.8) is 0 Å². The van der Waals surface area contributed by atoms with Gasteiger partial charge in [0.25, 0.3) is 0 Å². The summed E-state index contributed by atoms with van der Waals surface area (Å²) in [6.45, 7) is 4.01. The molecule has 0 aliphatic carbocycles. The molecule has 3 aromatic carbocycles. The number of nitrogens with zero attached hydrogens (tertiary/aromatic N) is 3. The van der Waals surface area contributed by atoms with Crippen LogP contribution in [0.25, 0.3) is 11.4 Å². The van der Waals surface area contributed by atoms with Gasteiger partial charge in [0.05, 0.1) is 18.5 Å². The second-order valence-electron chi connectivity index (χ2n) is 9.36. The van der Waals surface area contributed by atoms with E-state index < -0.39 is 0 Å². The van der Waals surface area contributed by atoms with Crippen LogP contribution in [0.4, 0.5) is 4.39 Å². The first kappa shape index (κ1) is 23.9. The molecule has 0 spiro atoms. The number of nitrogens with one attached hydrogen (secondary N) is 1. The summed E-state index contributed by atoms with van der Waals surface area (Å²) in [5, 5.41) is 7.35. The predicted octanol–water partition coefficient (Wildman–Crippen LogP) is 5.30. The van der Waals surface area contributed by atoms with Crippen LogP contribution in [0.1, 0.15) is 41.5 Å². The zero-order valence-corrected chi connectivity index (χ0v) is 20.2. The first-order valence-corrected chi connectivity index (χ1v) is 12.3. The van der Waals surface area contributed by atoms with Crippen molar-refractivity contribution >= 4 is 5.91 Å². The normalized spacial score (nSPS) is 17.0. The molecule has 2 unspecified atom stereocenters. The number of likely N-dealkylation sites (tertiary alicyclic amines) is 1. The lowest BCUT2D eigenvalue weighted by Gasteiger charge is -2.32. The Labute approximate surface area is 210 Å². The third kappa shape index (κ3) is 5.69. The van der Waals surface area contributed by atoms with Gasteiger partial charge in [-0.1, -0.05) is 65.3 Å². The molecule has 4 aromatic rings. The van der Waals surface area contributed by atoms with Crippen LogP contribution in [0.5, 0.6) is 0 Å². The van der Waals surface area contributed by atoms with E-state index in [9.17, 15) is 9.18 Å². The third-order valence-corrected chi connectivity index (χ3v) is 6.60. The smallest absolute Gasteiger partial charge is 0.241 e. The number of piperidine rings is 1. The van der Waals surface area contributed by atoms with Gasteiger partial charge in [-0.3, -0.25) is 9.69 Å². The van der Waals surface area contributed by atoms with E-state index >= 15 is 0 Å². The van der Waals surface area contributed by atoms with Crippen molar-refractivity contribution < 1.29 is 13.7 Å². The first-order chi connectivity index (χ1) is 17.5. The summed E-state index contributed by atoms with van der Waals surface area (Å²) in [5.74, 6) is 0.524. The Balaban J connectivity index is 1.26. The molecular formula is C29H29FN4O2. The molecule has 36 heavy (non-hydrogen) atoms. The Hall–Kier alpha value is -3.84. The largest absolute Gasteiger partial charge is 0.345 e. The zero-order chi connectivity index (χ0) is 24.9. The van der Waals surface area contributed by atoms with Crippen molar-refractivity contribution in [1.29, 1.82) is 0 Å². The molecule has 0 radical (unpaired) electrons. The number of halogens is 1. The van der Waals surface area contributed by atoms with Crippen molar-refractivity contribution in [3.05, 3.63) is 107 Å². The molecule has 1 aliphatic heterocycles. The lowest BCUT2D eigenvalue weighted by atomic mass is 9.93. The second-order valence-corrected chi connectivity index (χ2v) is 9.36. The first-order valence-electron chi connectivity index (χ1n) is 12.3. The van der Waals surface area contributed by atoms with Gasteiger partial charge in [-0.25, -0.2) is 4.39 Å². The topological polar surface area (TPSA) is 71.3 Å². The number of rotatable bonds is 7. The fourth-order valence-corrected chi connectivity index (χ4v) is 4.75. The minimum Gasteiger partial charge on any atom is -0.345 e. The summed E-state index contributed by atoms with van der Waals surface area (Å²) in [6.07, 6.45) is 1.75. The van der Waals surface area contributed by atoms with E-state index in [1.165, 1.54) is 12.1 Å². The summed E-state index contributed by atoms with van der Waals surface area (Å²) in [6, 6.07) is 24.1. The Morgan fingerprint density at radius 3 is 2.64 bits per heavy atom.